The van der Waals surface area contributed by atoms with Crippen molar-refractivity contribution in [2.45, 2.75) is 45.9 Å². The van der Waals surface area contributed by atoms with Gasteiger partial charge in [0.25, 0.3) is 11.5 Å². The average Bonchev–Trinajstić information content (AvgIpc) is 2.78. The van der Waals surface area contributed by atoms with Crippen LogP contribution in [0.4, 0.5) is 0 Å². The molecule has 1 atom stereocenters. The van der Waals surface area contributed by atoms with Gasteiger partial charge in [0.05, 0.1) is 36.6 Å². The number of ether oxygens (including phenoxy) is 2. The van der Waals surface area contributed by atoms with Crippen molar-refractivity contribution < 1.29 is 19.1 Å². The highest BCUT2D eigenvalue weighted by Crippen LogP contribution is 2.22. The largest absolute Gasteiger partial charge is 0.497 e. The number of hydrogen-bond donors (Lipinski definition) is 2. The number of hydrogen-bond acceptors (Lipinski definition) is 6. The van der Waals surface area contributed by atoms with E-state index in [0.29, 0.717) is 33.5 Å². The molecule has 8 nitrogen and oxygen atoms in total. The number of carbonyl (C=O) groups excluding carboxylic acids is 2. The molecule has 1 heterocycles. The van der Waals surface area contributed by atoms with Gasteiger partial charge in [-0.3, -0.25) is 19.0 Å². The van der Waals surface area contributed by atoms with E-state index in [9.17, 15) is 14.4 Å². The molecule has 0 saturated carbocycles. The summed E-state index contributed by atoms with van der Waals surface area (Å²) in [5.74, 6) is -0.154. The number of fused-ring (bicyclic) bond motifs is 1. The van der Waals surface area contributed by atoms with Gasteiger partial charge in [0, 0.05) is 12.1 Å². The van der Waals surface area contributed by atoms with Crippen LogP contribution in [0.25, 0.3) is 10.9 Å². The zero-order valence-electron chi connectivity index (χ0n) is 19.0. The van der Waals surface area contributed by atoms with Gasteiger partial charge in [0.1, 0.15) is 5.75 Å². The third-order valence-electron chi connectivity index (χ3n) is 5.12. The number of aromatic nitrogens is 2. The molecule has 0 aliphatic heterocycles. The molecule has 9 heteroatoms. The second kappa shape index (κ2) is 10.4. The zero-order valence-corrected chi connectivity index (χ0v) is 19.8. The number of methoxy groups -OCH3 is 1. The molecule has 1 unspecified atom stereocenters. The second-order valence-electron chi connectivity index (χ2n) is 7.78. The van der Waals surface area contributed by atoms with Crippen molar-refractivity contribution in [3.8, 4) is 5.75 Å². The maximum atomic E-state index is 13.1. The van der Waals surface area contributed by atoms with E-state index in [2.05, 4.69) is 10.3 Å². The minimum Gasteiger partial charge on any atom is -0.497 e. The smallest absolute Gasteiger partial charge is 0.308 e. The van der Waals surface area contributed by atoms with E-state index < -0.39 is 17.9 Å². The average molecular weight is 470 g/mol. The zero-order chi connectivity index (χ0) is 24.1. The summed E-state index contributed by atoms with van der Waals surface area (Å²) in [5.41, 5.74) is 1.33. The van der Waals surface area contributed by atoms with Crippen LogP contribution in [0.1, 0.15) is 49.2 Å². The number of rotatable bonds is 8. The first-order chi connectivity index (χ1) is 15.7. The molecule has 0 bridgehead atoms. The number of aromatic amines is 1. The van der Waals surface area contributed by atoms with Crippen LogP contribution in [-0.2, 0) is 16.1 Å². The van der Waals surface area contributed by atoms with E-state index >= 15 is 0 Å². The molecule has 3 rings (SSSR count). The number of esters is 1. The Bertz CT molecular complexity index is 1280. The Balaban J connectivity index is 1.91. The summed E-state index contributed by atoms with van der Waals surface area (Å²) in [5, 5.41) is 3.34. The van der Waals surface area contributed by atoms with Gasteiger partial charge in [-0.2, -0.15) is 0 Å². The maximum Gasteiger partial charge on any atom is 0.308 e. The molecule has 0 fully saturated rings. The molecule has 2 aromatic carbocycles. The highest BCUT2D eigenvalue weighted by atomic mass is 32.1. The Kier molecular flexibility index (Phi) is 7.65. The second-order valence-corrected chi connectivity index (χ2v) is 8.17. The Labute approximate surface area is 196 Å². The molecule has 0 spiro atoms. The van der Waals surface area contributed by atoms with Gasteiger partial charge in [-0.1, -0.05) is 12.1 Å². The number of nitrogens with one attached hydrogen (secondary N) is 2. The Morgan fingerprint density at radius 3 is 2.45 bits per heavy atom. The molecule has 2 N–H and O–H groups in total. The quantitative estimate of drug-likeness (QED) is 0.383. The van der Waals surface area contributed by atoms with Crippen molar-refractivity contribution in [3.05, 3.63) is 68.7 Å². The van der Waals surface area contributed by atoms with Crippen LogP contribution < -0.4 is 15.6 Å². The highest BCUT2D eigenvalue weighted by Gasteiger charge is 2.21. The predicted octanol–water partition coefficient (Wildman–Crippen LogP) is 3.90. The molecule has 33 heavy (non-hydrogen) atoms. The minimum absolute atomic E-state index is 0.0343. The van der Waals surface area contributed by atoms with Gasteiger partial charge in [-0.05, 0) is 68.9 Å². The van der Waals surface area contributed by atoms with Gasteiger partial charge in [0.15, 0.2) is 4.77 Å². The molecule has 174 valence electrons. The lowest BCUT2D eigenvalue weighted by Gasteiger charge is -2.20. The van der Waals surface area contributed by atoms with E-state index in [1.165, 1.54) is 4.57 Å². The molecular formula is C24H27N3O5S. The summed E-state index contributed by atoms with van der Waals surface area (Å²) in [7, 11) is 1.56. The van der Waals surface area contributed by atoms with Crippen molar-refractivity contribution >= 4 is 35.0 Å². The normalized spacial score (nSPS) is 11.9. The standard InChI is InChI=1S/C24H27N3O5S/c1-5-27-23(30)18-11-8-16(12-20(18)26-24(27)33)22(29)25-19(13-21(28)32-14(2)3)15-6-9-17(31-4)10-7-15/h6-12,14,19H,5,13H2,1-4H3,(H,25,29)(H,26,33). The van der Waals surface area contributed by atoms with Crippen LogP contribution in [0.3, 0.4) is 0 Å². The Morgan fingerprint density at radius 2 is 1.85 bits per heavy atom. The number of amides is 1. The van der Waals surface area contributed by atoms with Crippen LogP contribution >= 0.6 is 12.2 Å². The van der Waals surface area contributed by atoms with Crippen molar-refractivity contribution in [1.82, 2.24) is 14.9 Å². The molecule has 0 aliphatic rings. The lowest BCUT2D eigenvalue weighted by molar-refractivity contribution is -0.147. The van der Waals surface area contributed by atoms with Crippen molar-refractivity contribution in [2.24, 2.45) is 0 Å². The van der Waals surface area contributed by atoms with Crippen molar-refractivity contribution in [2.75, 3.05) is 7.11 Å². The van der Waals surface area contributed by atoms with Crippen LogP contribution in [0, 0.1) is 4.77 Å². The molecule has 0 saturated heterocycles. The number of carbonyl (C=O) groups is 2. The van der Waals surface area contributed by atoms with E-state index in [1.807, 2.05) is 6.92 Å². The number of H-pyrrole nitrogens is 1. The molecule has 3 aromatic rings. The summed E-state index contributed by atoms with van der Waals surface area (Å²) in [6.07, 6.45) is -0.298. The topological polar surface area (TPSA) is 102 Å². The monoisotopic (exact) mass is 469 g/mol. The predicted molar refractivity (Wildman–Crippen MR) is 128 cm³/mol. The van der Waals surface area contributed by atoms with Crippen LogP contribution in [0.2, 0.25) is 0 Å². The molecule has 1 amide bonds. The van der Waals surface area contributed by atoms with Crippen LogP contribution in [0.5, 0.6) is 5.75 Å². The summed E-state index contributed by atoms with van der Waals surface area (Å²) in [6.45, 7) is 5.82. The van der Waals surface area contributed by atoms with Crippen LogP contribution in [-0.4, -0.2) is 34.6 Å². The first kappa shape index (κ1) is 24.2. The van der Waals surface area contributed by atoms with Gasteiger partial charge in [0.2, 0.25) is 0 Å². The van der Waals surface area contributed by atoms with Crippen molar-refractivity contribution in [3.63, 3.8) is 0 Å². The lowest BCUT2D eigenvalue weighted by Crippen LogP contribution is -2.31. The third kappa shape index (κ3) is 5.67. The number of nitrogens with zero attached hydrogens (tertiary/aromatic N) is 1. The van der Waals surface area contributed by atoms with E-state index in [1.54, 1.807) is 63.4 Å². The van der Waals surface area contributed by atoms with E-state index in [0.717, 1.165) is 5.56 Å². The molecular weight excluding hydrogens is 442 g/mol. The van der Waals surface area contributed by atoms with Gasteiger partial charge in [-0.25, -0.2) is 0 Å². The Hall–Kier alpha value is -3.46. The lowest BCUT2D eigenvalue weighted by atomic mass is 10.0. The molecule has 0 aliphatic carbocycles. The fourth-order valence-corrected chi connectivity index (χ4v) is 3.81. The highest BCUT2D eigenvalue weighted by molar-refractivity contribution is 7.71. The van der Waals surface area contributed by atoms with Gasteiger partial charge < -0.3 is 19.8 Å². The fourth-order valence-electron chi connectivity index (χ4n) is 3.49. The van der Waals surface area contributed by atoms with E-state index in [-0.39, 0.29) is 18.1 Å². The maximum absolute atomic E-state index is 13.1. The minimum atomic E-state index is -0.614. The molecule has 0 radical (unpaired) electrons. The Morgan fingerprint density at radius 1 is 1.15 bits per heavy atom. The van der Waals surface area contributed by atoms with Gasteiger partial charge in [-0.15, -0.1) is 0 Å². The SMILES string of the molecule is CCn1c(=S)[nH]c2cc(C(=O)NC(CC(=O)OC(C)C)c3ccc(OC)cc3)ccc2c1=O. The summed E-state index contributed by atoms with van der Waals surface area (Å²) in [4.78, 5) is 41.0. The first-order valence-electron chi connectivity index (χ1n) is 10.6. The van der Waals surface area contributed by atoms with Gasteiger partial charge >= 0.3 is 5.97 Å². The van der Waals surface area contributed by atoms with E-state index in [4.69, 9.17) is 21.7 Å². The summed E-state index contributed by atoms with van der Waals surface area (Å²) < 4.78 is 12.2. The summed E-state index contributed by atoms with van der Waals surface area (Å²) >= 11 is 5.26. The van der Waals surface area contributed by atoms with Crippen LogP contribution in [0.15, 0.2) is 47.3 Å². The first-order valence-corrected chi connectivity index (χ1v) is 11.1. The third-order valence-corrected chi connectivity index (χ3v) is 5.44. The fraction of sp³-hybridized carbons (Fsp3) is 0.333. The summed E-state index contributed by atoms with van der Waals surface area (Å²) in [6, 6.07) is 11.2. The molecule has 1 aromatic heterocycles. The number of benzene rings is 2. The van der Waals surface area contributed by atoms with Crippen molar-refractivity contribution in [1.29, 1.82) is 0 Å².